The minimum Gasteiger partial charge on any atom is -0.460 e. The fourth-order valence-electron chi connectivity index (χ4n) is 2.85. The second kappa shape index (κ2) is 10.4. The predicted molar refractivity (Wildman–Crippen MR) is 109 cm³/mol. The maximum Gasteiger partial charge on any atom is 0.340 e. The molecule has 0 aliphatic heterocycles. The Morgan fingerprint density at radius 3 is 2.55 bits per heavy atom. The number of methoxy groups -OCH3 is 1. The topological polar surface area (TPSA) is 110 Å². The van der Waals surface area contributed by atoms with Crippen LogP contribution in [0, 0.1) is 13.8 Å². The van der Waals surface area contributed by atoms with E-state index in [9.17, 15) is 14.4 Å². The van der Waals surface area contributed by atoms with Gasteiger partial charge in [0.2, 0.25) is 0 Å². The highest BCUT2D eigenvalue weighted by Crippen LogP contribution is 2.21. The number of ether oxygens (including phenoxy) is 2. The molecule has 1 heterocycles. The lowest BCUT2D eigenvalue weighted by Gasteiger charge is -2.08. The van der Waals surface area contributed by atoms with Crippen molar-refractivity contribution in [2.45, 2.75) is 27.2 Å². The Bertz CT molecular complexity index is 888. The summed E-state index contributed by atoms with van der Waals surface area (Å²) < 4.78 is 10.0. The molecule has 2 aromatic rings. The molecule has 0 radical (unpaired) electrons. The Balaban J connectivity index is 2.14. The minimum atomic E-state index is -0.512. The number of aromatic amines is 1. The summed E-state index contributed by atoms with van der Waals surface area (Å²) in [6.45, 7) is 6.37. The van der Waals surface area contributed by atoms with Crippen molar-refractivity contribution in [3.05, 3.63) is 52.3 Å². The molecular weight excluding hydrogens is 374 g/mol. The second-order valence-corrected chi connectivity index (χ2v) is 6.54. The average Bonchev–Trinajstić information content (AvgIpc) is 3.00. The van der Waals surface area contributed by atoms with Crippen LogP contribution in [0.1, 0.15) is 55.8 Å². The second-order valence-electron chi connectivity index (χ2n) is 6.54. The van der Waals surface area contributed by atoms with Crippen LogP contribution in [0.2, 0.25) is 0 Å². The number of hydrogen-bond acceptors (Lipinski definition) is 5. The number of aromatic nitrogens is 1. The quantitative estimate of drug-likeness (QED) is 0.442. The number of carbonyl (C=O) groups excluding carboxylic acids is 3. The molecular formula is C21H27N3O5. The van der Waals surface area contributed by atoms with Crippen LogP contribution >= 0.6 is 0 Å². The Labute approximate surface area is 170 Å². The van der Waals surface area contributed by atoms with Gasteiger partial charge in [0.15, 0.2) is 0 Å². The molecule has 29 heavy (non-hydrogen) atoms. The van der Waals surface area contributed by atoms with Gasteiger partial charge in [-0.15, -0.1) is 0 Å². The molecule has 156 valence electrons. The van der Waals surface area contributed by atoms with E-state index in [1.165, 1.54) is 7.11 Å². The zero-order valence-corrected chi connectivity index (χ0v) is 17.2. The van der Waals surface area contributed by atoms with Crippen molar-refractivity contribution in [1.29, 1.82) is 0 Å². The largest absolute Gasteiger partial charge is 0.460 e. The minimum absolute atomic E-state index is 0.133. The van der Waals surface area contributed by atoms with E-state index in [1.54, 1.807) is 38.1 Å². The van der Waals surface area contributed by atoms with Crippen molar-refractivity contribution >= 4 is 23.5 Å². The number of amides is 2. The molecule has 2 rings (SSSR count). The molecule has 0 saturated heterocycles. The van der Waals surface area contributed by atoms with Crippen molar-refractivity contribution in [2.75, 3.05) is 32.2 Å². The maximum absolute atomic E-state index is 12.7. The first-order valence-electron chi connectivity index (χ1n) is 9.43. The summed E-state index contributed by atoms with van der Waals surface area (Å²) >= 11 is 0. The smallest absolute Gasteiger partial charge is 0.340 e. The van der Waals surface area contributed by atoms with E-state index in [4.69, 9.17) is 9.47 Å². The molecule has 0 aliphatic rings. The van der Waals surface area contributed by atoms with Crippen molar-refractivity contribution in [2.24, 2.45) is 0 Å². The van der Waals surface area contributed by atoms with E-state index < -0.39 is 11.9 Å². The average molecular weight is 401 g/mol. The number of H-pyrrole nitrogens is 1. The first kappa shape index (κ1) is 22.2. The van der Waals surface area contributed by atoms with Crippen LogP contribution in [-0.4, -0.2) is 49.6 Å². The number of aryl methyl sites for hydroxylation is 1. The summed E-state index contributed by atoms with van der Waals surface area (Å²) in [6.07, 6.45) is 0.837. The Kier molecular flexibility index (Phi) is 7.97. The van der Waals surface area contributed by atoms with Crippen molar-refractivity contribution < 1.29 is 23.9 Å². The highest BCUT2D eigenvalue weighted by Gasteiger charge is 2.23. The lowest BCUT2D eigenvalue weighted by Crippen LogP contribution is -2.24. The van der Waals surface area contributed by atoms with Gasteiger partial charge < -0.3 is 25.1 Å². The van der Waals surface area contributed by atoms with Gasteiger partial charge in [-0.05, 0) is 44.0 Å². The van der Waals surface area contributed by atoms with Crippen molar-refractivity contribution in [1.82, 2.24) is 10.3 Å². The number of esters is 1. The van der Waals surface area contributed by atoms with Gasteiger partial charge in [-0.1, -0.05) is 13.0 Å². The standard InChI is InChI=1S/C21H27N3O5/c1-5-9-22-19(25)15-7-6-8-16(12-15)24-20(26)18-13(2)17(14(3)23-18)21(27)29-11-10-28-4/h6-8,12,23H,5,9-11H2,1-4H3,(H,22,25)(H,24,26). The van der Waals surface area contributed by atoms with Crippen LogP contribution in [0.4, 0.5) is 5.69 Å². The van der Waals surface area contributed by atoms with Gasteiger partial charge in [-0.3, -0.25) is 9.59 Å². The van der Waals surface area contributed by atoms with Gasteiger partial charge in [0.1, 0.15) is 12.3 Å². The van der Waals surface area contributed by atoms with Gasteiger partial charge in [0, 0.05) is 30.6 Å². The molecule has 8 nitrogen and oxygen atoms in total. The molecule has 0 fully saturated rings. The summed E-state index contributed by atoms with van der Waals surface area (Å²) in [6, 6.07) is 6.67. The molecule has 8 heteroatoms. The number of benzene rings is 1. The van der Waals surface area contributed by atoms with E-state index in [0.717, 1.165) is 6.42 Å². The highest BCUT2D eigenvalue weighted by molar-refractivity contribution is 6.07. The molecule has 0 aliphatic carbocycles. The molecule has 0 unspecified atom stereocenters. The predicted octanol–water partition coefficient (Wildman–Crippen LogP) is 2.83. The zero-order valence-electron chi connectivity index (χ0n) is 17.2. The lowest BCUT2D eigenvalue weighted by molar-refractivity contribution is 0.0386. The van der Waals surface area contributed by atoms with Gasteiger partial charge in [-0.25, -0.2) is 4.79 Å². The number of carbonyl (C=O) groups is 3. The molecule has 0 spiro atoms. The lowest BCUT2D eigenvalue weighted by atomic mass is 10.1. The summed E-state index contributed by atoms with van der Waals surface area (Å²) in [4.78, 5) is 40.1. The van der Waals surface area contributed by atoms with Gasteiger partial charge in [0.25, 0.3) is 11.8 Å². The first-order chi connectivity index (χ1) is 13.9. The molecule has 0 atom stereocenters. The van der Waals surface area contributed by atoms with E-state index in [2.05, 4.69) is 15.6 Å². The molecule has 1 aromatic heterocycles. The van der Waals surface area contributed by atoms with Crippen LogP contribution in [0.25, 0.3) is 0 Å². The summed E-state index contributed by atoms with van der Waals surface area (Å²) in [5, 5.41) is 5.56. The monoisotopic (exact) mass is 401 g/mol. The molecule has 2 amide bonds. The third-order valence-corrected chi connectivity index (χ3v) is 4.31. The van der Waals surface area contributed by atoms with Crippen molar-refractivity contribution in [3.63, 3.8) is 0 Å². The van der Waals surface area contributed by atoms with Crippen LogP contribution < -0.4 is 10.6 Å². The summed E-state index contributed by atoms with van der Waals surface area (Å²) in [7, 11) is 1.52. The van der Waals surface area contributed by atoms with E-state index in [-0.39, 0.29) is 18.2 Å². The molecule has 0 bridgehead atoms. The van der Waals surface area contributed by atoms with Crippen LogP contribution in [0.5, 0.6) is 0 Å². The zero-order chi connectivity index (χ0) is 21.4. The van der Waals surface area contributed by atoms with Gasteiger partial charge in [-0.2, -0.15) is 0 Å². The first-order valence-corrected chi connectivity index (χ1v) is 9.43. The van der Waals surface area contributed by atoms with Crippen LogP contribution in [0.3, 0.4) is 0 Å². The third kappa shape index (κ3) is 5.68. The third-order valence-electron chi connectivity index (χ3n) is 4.31. The number of nitrogens with one attached hydrogen (secondary N) is 3. The number of rotatable bonds is 9. The molecule has 1 aromatic carbocycles. The van der Waals surface area contributed by atoms with E-state index in [1.807, 2.05) is 6.92 Å². The van der Waals surface area contributed by atoms with Crippen LogP contribution in [0.15, 0.2) is 24.3 Å². The summed E-state index contributed by atoms with van der Waals surface area (Å²) in [5.74, 6) is -1.12. The normalized spacial score (nSPS) is 10.5. The van der Waals surface area contributed by atoms with Gasteiger partial charge >= 0.3 is 5.97 Å². The number of anilines is 1. The van der Waals surface area contributed by atoms with E-state index in [0.29, 0.717) is 41.2 Å². The highest BCUT2D eigenvalue weighted by atomic mass is 16.6. The Morgan fingerprint density at radius 2 is 1.86 bits per heavy atom. The number of hydrogen-bond donors (Lipinski definition) is 3. The fourth-order valence-corrected chi connectivity index (χ4v) is 2.85. The Morgan fingerprint density at radius 1 is 1.10 bits per heavy atom. The molecule has 0 saturated carbocycles. The van der Waals surface area contributed by atoms with Crippen molar-refractivity contribution in [3.8, 4) is 0 Å². The van der Waals surface area contributed by atoms with E-state index >= 15 is 0 Å². The Hall–Kier alpha value is -3.13. The fraction of sp³-hybridized carbons (Fsp3) is 0.381. The van der Waals surface area contributed by atoms with Crippen LogP contribution in [-0.2, 0) is 9.47 Å². The molecule has 3 N–H and O–H groups in total. The summed E-state index contributed by atoms with van der Waals surface area (Å²) in [5.41, 5.74) is 2.58. The SMILES string of the molecule is CCCNC(=O)c1cccc(NC(=O)c2[nH]c(C)c(C(=O)OCCOC)c2C)c1. The van der Waals surface area contributed by atoms with Gasteiger partial charge in [0.05, 0.1) is 12.2 Å². The maximum atomic E-state index is 12.7.